The molecular formula is C11H9AcN2O2. The third-order valence-electron chi connectivity index (χ3n) is 2.19. The molecule has 1 aromatic carbocycles. The van der Waals surface area contributed by atoms with Crippen molar-refractivity contribution in [1.29, 1.82) is 0 Å². The Balaban J connectivity index is 2.29. The molecule has 0 saturated carbocycles. The fourth-order valence-corrected chi connectivity index (χ4v) is 2.69. The summed E-state index contributed by atoms with van der Waals surface area (Å²) in [5, 5.41) is 2.61. The first-order valence-corrected chi connectivity index (χ1v) is 6.92. The van der Waals surface area contributed by atoms with Crippen LogP contribution in [0.2, 0.25) is 0 Å². The SMILES string of the molecule is O=C1C[N]([Ac])C(=O)/C(=C/c2ccccc2)N1. The van der Waals surface area contributed by atoms with Crippen molar-refractivity contribution in [2.24, 2.45) is 0 Å². The van der Waals surface area contributed by atoms with E-state index in [2.05, 4.69) is 5.32 Å². The average molecular weight is 428 g/mol. The van der Waals surface area contributed by atoms with Crippen LogP contribution in [0.1, 0.15) is 5.56 Å². The molecule has 1 heterocycles. The van der Waals surface area contributed by atoms with E-state index in [9.17, 15) is 9.59 Å². The second kappa shape index (κ2) is 5.11. The minimum absolute atomic E-state index is 0.0796. The van der Waals surface area contributed by atoms with Crippen LogP contribution in [0.4, 0.5) is 0 Å². The van der Waals surface area contributed by atoms with E-state index in [0.29, 0.717) is 5.70 Å². The van der Waals surface area contributed by atoms with E-state index in [1.54, 1.807) is 6.63 Å². The summed E-state index contributed by atoms with van der Waals surface area (Å²) in [6, 6.07) is 9.47. The topological polar surface area (TPSA) is 49.4 Å². The number of nitrogens with zero attached hydrogens (tertiary/aromatic N) is 1. The molecular weight excluding hydrogens is 419 g/mol. The standard InChI is InChI=1S/C11H10N2O2.Ac/c14-10-7-12-11(15)9(13-10)6-8-4-2-1-3-5-8;/h1-6H,7H2,(H2,12,13,14,15);/q;+1/p-1/b9-6-;. The number of amides is 2. The van der Waals surface area contributed by atoms with Crippen molar-refractivity contribution in [3.05, 3.63) is 41.6 Å². The van der Waals surface area contributed by atoms with Gasteiger partial charge in [0.1, 0.15) is 0 Å². The van der Waals surface area contributed by atoms with E-state index in [1.807, 2.05) is 30.3 Å². The summed E-state index contributed by atoms with van der Waals surface area (Å²) in [5.41, 5.74) is 1.28. The Kier molecular flexibility index (Phi) is 3.78. The van der Waals surface area contributed by atoms with Crippen LogP contribution in [0.5, 0.6) is 0 Å². The molecule has 2 rings (SSSR count). The second-order valence-electron chi connectivity index (χ2n) is 3.45. The van der Waals surface area contributed by atoms with Crippen LogP contribution >= 0.6 is 0 Å². The van der Waals surface area contributed by atoms with Gasteiger partial charge in [0.25, 0.3) is 0 Å². The number of carbonyl (C=O) groups excluding carboxylic acids is 2. The number of benzene rings is 1. The second-order valence-corrected chi connectivity index (χ2v) is 6.01. The Morgan fingerprint density at radius 1 is 1.25 bits per heavy atom. The molecule has 0 atom stereocenters. The van der Waals surface area contributed by atoms with Gasteiger partial charge >= 0.3 is 124 Å². The first-order valence-electron chi connectivity index (χ1n) is 4.80. The maximum absolute atomic E-state index is 11.8. The van der Waals surface area contributed by atoms with Crippen LogP contribution in [0.25, 0.3) is 6.08 Å². The van der Waals surface area contributed by atoms with Gasteiger partial charge < -0.3 is 0 Å². The molecule has 5 heteroatoms. The van der Waals surface area contributed by atoms with Crippen molar-refractivity contribution in [3.8, 4) is 0 Å². The summed E-state index contributed by atoms with van der Waals surface area (Å²) in [6.07, 6.45) is 1.71. The zero-order valence-corrected chi connectivity index (χ0v) is 13.3. The molecule has 1 aliphatic rings. The fourth-order valence-electron chi connectivity index (χ4n) is 1.44. The van der Waals surface area contributed by atoms with Crippen LogP contribution in [0, 0.1) is 42.3 Å². The van der Waals surface area contributed by atoms with Gasteiger partial charge in [-0.05, 0) is 0 Å². The van der Waals surface area contributed by atoms with Gasteiger partial charge in [-0.15, -0.1) is 0 Å². The van der Waals surface area contributed by atoms with Gasteiger partial charge in [-0.2, -0.15) is 0 Å². The fraction of sp³-hybridized carbons (Fsp3) is 0.0909. The van der Waals surface area contributed by atoms with E-state index < -0.39 is 0 Å². The molecule has 78 valence electrons. The third-order valence-corrected chi connectivity index (χ3v) is 3.90. The number of hydrogen-bond acceptors (Lipinski definition) is 2. The molecule has 0 aromatic heterocycles. The third kappa shape index (κ3) is 2.72. The van der Waals surface area contributed by atoms with Crippen LogP contribution in [0.15, 0.2) is 36.0 Å². The number of nitrogens with one attached hydrogen (secondary N) is 1. The Bertz CT molecular complexity index is 456. The predicted molar refractivity (Wildman–Crippen MR) is 54.3 cm³/mol. The zero-order chi connectivity index (χ0) is 11.5. The Labute approximate surface area is 123 Å². The Morgan fingerprint density at radius 2 is 1.94 bits per heavy atom. The quantitative estimate of drug-likeness (QED) is 0.661. The minimum atomic E-state index is -0.116. The molecule has 0 bridgehead atoms. The first kappa shape index (κ1) is 11.8. The van der Waals surface area contributed by atoms with Crippen LogP contribution < -0.4 is 5.32 Å². The molecule has 0 spiro atoms. The van der Waals surface area contributed by atoms with Gasteiger partial charge in [0.05, 0.1) is 0 Å². The molecule has 0 aliphatic carbocycles. The molecule has 0 unspecified atom stereocenters. The summed E-state index contributed by atoms with van der Waals surface area (Å²) in [7, 11) is 0. The maximum atomic E-state index is 11.8. The van der Waals surface area contributed by atoms with Gasteiger partial charge in [-0.1, -0.05) is 0 Å². The molecule has 1 saturated heterocycles. The first-order chi connectivity index (χ1) is 7.66. The van der Waals surface area contributed by atoms with Crippen LogP contribution in [-0.4, -0.2) is 18.9 Å². The number of hydrogen-bond donors (Lipinski definition) is 1. The van der Waals surface area contributed by atoms with Crippen LogP contribution in [0.3, 0.4) is 0 Å². The summed E-state index contributed by atoms with van der Waals surface area (Å²) < 4.78 is 1.59. The van der Waals surface area contributed by atoms with Gasteiger partial charge in [0, 0.05) is 0 Å². The zero-order valence-electron chi connectivity index (χ0n) is 8.51. The predicted octanol–water partition coefficient (Wildman–Crippen LogP) is 0.450. The van der Waals surface area contributed by atoms with E-state index in [4.69, 9.17) is 0 Å². The van der Waals surface area contributed by atoms with Gasteiger partial charge in [0.2, 0.25) is 0 Å². The monoisotopic (exact) mass is 428 g/mol. The Hall–Kier alpha value is -0.658. The van der Waals surface area contributed by atoms with Crippen molar-refractivity contribution >= 4 is 17.9 Å². The molecule has 1 N–H and O–H groups in total. The molecule has 4 nitrogen and oxygen atoms in total. The molecule has 1 fully saturated rings. The number of carbonyl (C=O) groups is 2. The summed E-state index contributed by atoms with van der Waals surface area (Å²) in [5.74, 6) is -0.195. The van der Waals surface area contributed by atoms with Crippen molar-refractivity contribution in [2.75, 3.05) is 6.54 Å². The Morgan fingerprint density at radius 3 is 2.62 bits per heavy atom. The molecule has 1 aromatic rings. The molecule has 2 amide bonds. The van der Waals surface area contributed by atoms with Crippen molar-refractivity contribution in [2.45, 2.75) is 0 Å². The average Bonchev–Trinajstić information content (AvgIpc) is 2.27. The summed E-state index contributed by atoms with van der Waals surface area (Å²) in [6.45, 7) is 0.200. The van der Waals surface area contributed by atoms with E-state index in [1.165, 1.54) is 0 Å². The van der Waals surface area contributed by atoms with E-state index >= 15 is 0 Å². The van der Waals surface area contributed by atoms with E-state index in [0.717, 1.165) is 5.56 Å². The van der Waals surface area contributed by atoms with Gasteiger partial charge in [-0.25, -0.2) is 0 Å². The number of piperazine rings is 1. The summed E-state index contributed by atoms with van der Waals surface area (Å²) >= 11 is 0.182. The van der Waals surface area contributed by atoms with Crippen LogP contribution in [-0.2, 0) is 9.59 Å². The van der Waals surface area contributed by atoms with Crippen molar-refractivity contribution < 1.29 is 51.9 Å². The molecule has 0 radical (unpaired) electrons. The van der Waals surface area contributed by atoms with Gasteiger partial charge in [0.15, 0.2) is 0 Å². The normalized spacial score (nSPS) is 18.9. The van der Waals surface area contributed by atoms with Crippen molar-refractivity contribution in [1.82, 2.24) is 5.87 Å². The van der Waals surface area contributed by atoms with Gasteiger partial charge in [-0.3, -0.25) is 0 Å². The number of rotatable bonds is 1. The van der Waals surface area contributed by atoms with Crippen molar-refractivity contribution in [3.63, 3.8) is 0 Å². The molecule has 16 heavy (non-hydrogen) atoms. The summed E-state index contributed by atoms with van der Waals surface area (Å²) in [4.78, 5) is 23.1. The molecule has 1 aliphatic heterocycles. The van der Waals surface area contributed by atoms with E-state index in [-0.39, 0.29) is 60.6 Å².